The summed E-state index contributed by atoms with van der Waals surface area (Å²) in [6, 6.07) is 11.1. The van der Waals surface area contributed by atoms with E-state index in [0.29, 0.717) is 28.5 Å². The Morgan fingerprint density at radius 1 is 0.700 bits per heavy atom. The molecule has 0 bridgehead atoms. The lowest BCUT2D eigenvalue weighted by Crippen LogP contribution is -2.36. The van der Waals surface area contributed by atoms with Crippen molar-refractivity contribution in [3.63, 3.8) is 0 Å². The molecule has 2 amide bonds. The summed E-state index contributed by atoms with van der Waals surface area (Å²) in [5.41, 5.74) is 2.20. The first-order valence-electron chi connectivity index (χ1n) is 14.7. The third kappa shape index (κ3) is 10.4. The average Bonchev–Trinajstić information content (AvgIpc) is 2.94. The molecule has 0 aromatic heterocycles. The van der Waals surface area contributed by atoms with Crippen molar-refractivity contribution < 1.29 is 23.8 Å². The second-order valence-corrected chi connectivity index (χ2v) is 10.8. The van der Waals surface area contributed by atoms with Gasteiger partial charge in [0.1, 0.15) is 5.75 Å². The Labute approximate surface area is 241 Å². The molecule has 7 nitrogen and oxygen atoms in total. The van der Waals surface area contributed by atoms with Gasteiger partial charge in [-0.1, -0.05) is 52.9 Å². The second kappa shape index (κ2) is 17.5. The quantitative estimate of drug-likeness (QED) is 0.192. The summed E-state index contributed by atoms with van der Waals surface area (Å²) < 4.78 is 16.0. The van der Waals surface area contributed by atoms with Gasteiger partial charge in [0.05, 0.1) is 21.3 Å². The number of amides is 2. The predicted molar refractivity (Wildman–Crippen MR) is 162 cm³/mol. The van der Waals surface area contributed by atoms with Gasteiger partial charge >= 0.3 is 0 Å². The van der Waals surface area contributed by atoms with Crippen LogP contribution in [0.5, 0.6) is 17.2 Å². The van der Waals surface area contributed by atoms with Crippen LogP contribution in [0.4, 0.5) is 0 Å². The molecular formula is C33H50N2O5. The van der Waals surface area contributed by atoms with Crippen LogP contribution in [0.25, 0.3) is 0 Å². The molecule has 3 atom stereocenters. The average molecular weight is 555 g/mol. The molecule has 0 heterocycles. The number of carbonyl (C=O) groups is 2. The zero-order valence-electron chi connectivity index (χ0n) is 25.6. The highest BCUT2D eigenvalue weighted by atomic mass is 16.5. The first-order chi connectivity index (χ1) is 19.3. The normalized spacial score (nSPS) is 13.2. The van der Waals surface area contributed by atoms with Crippen LogP contribution in [0.1, 0.15) is 105 Å². The van der Waals surface area contributed by atoms with Gasteiger partial charge in [0.25, 0.3) is 11.8 Å². The molecule has 0 saturated carbocycles. The molecule has 2 aromatic carbocycles. The number of rotatable bonds is 18. The molecule has 2 N–H and O–H groups in total. The standard InChI is InChI=1S/C33H50N2O5/c1-8-12-27(34-33(37)26-17-19-30(39-6)31(22-26)40-7)15-11-10-14-23(3)20-28(13-9-2)35-32(36)25-16-18-29(38-5)24(4)21-25/h16-19,21-23,27-28H,8-15,20H2,1-7H3,(H,34,37)(H,35,36). The summed E-state index contributed by atoms with van der Waals surface area (Å²) in [5.74, 6) is 2.34. The van der Waals surface area contributed by atoms with Gasteiger partial charge < -0.3 is 24.8 Å². The van der Waals surface area contributed by atoms with Crippen molar-refractivity contribution in [1.82, 2.24) is 10.6 Å². The molecule has 2 aromatic rings. The molecule has 0 aliphatic rings. The van der Waals surface area contributed by atoms with Crippen LogP contribution in [0.2, 0.25) is 0 Å². The van der Waals surface area contributed by atoms with Crippen LogP contribution in [0.15, 0.2) is 36.4 Å². The van der Waals surface area contributed by atoms with E-state index in [1.54, 1.807) is 39.5 Å². The lowest BCUT2D eigenvalue weighted by atomic mass is 9.92. The predicted octanol–water partition coefficient (Wildman–Crippen LogP) is 7.10. The molecule has 0 radical (unpaired) electrons. The molecule has 0 aliphatic heterocycles. The van der Waals surface area contributed by atoms with E-state index in [1.807, 2.05) is 25.1 Å². The molecule has 0 saturated heterocycles. The third-order valence-electron chi connectivity index (χ3n) is 7.43. The second-order valence-electron chi connectivity index (χ2n) is 10.8. The van der Waals surface area contributed by atoms with E-state index in [0.717, 1.165) is 69.1 Å². The Hall–Kier alpha value is -3.22. The lowest BCUT2D eigenvalue weighted by molar-refractivity contribution is 0.0920. The van der Waals surface area contributed by atoms with Gasteiger partial charge in [0, 0.05) is 23.2 Å². The van der Waals surface area contributed by atoms with E-state index in [-0.39, 0.29) is 23.9 Å². The molecule has 2 rings (SSSR count). The van der Waals surface area contributed by atoms with Crippen LogP contribution < -0.4 is 24.8 Å². The summed E-state index contributed by atoms with van der Waals surface area (Å²) in [7, 11) is 4.79. The smallest absolute Gasteiger partial charge is 0.251 e. The minimum absolute atomic E-state index is 0.0240. The topological polar surface area (TPSA) is 85.9 Å². The first kappa shape index (κ1) is 33.0. The molecule has 40 heavy (non-hydrogen) atoms. The van der Waals surface area contributed by atoms with Crippen molar-refractivity contribution in [3.05, 3.63) is 53.1 Å². The number of nitrogens with one attached hydrogen (secondary N) is 2. The summed E-state index contributed by atoms with van der Waals surface area (Å²) >= 11 is 0. The number of ether oxygens (including phenoxy) is 3. The largest absolute Gasteiger partial charge is 0.496 e. The van der Waals surface area contributed by atoms with Gasteiger partial charge in [-0.15, -0.1) is 0 Å². The van der Waals surface area contributed by atoms with Gasteiger partial charge in [-0.25, -0.2) is 0 Å². The van der Waals surface area contributed by atoms with Crippen LogP contribution >= 0.6 is 0 Å². The lowest BCUT2D eigenvalue weighted by Gasteiger charge is -2.23. The number of aryl methyl sites for hydroxylation is 1. The maximum absolute atomic E-state index is 12.9. The monoisotopic (exact) mass is 554 g/mol. The third-order valence-corrected chi connectivity index (χ3v) is 7.43. The Morgan fingerprint density at radius 2 is 1.23 bits per heavy atom. The number of hydrogen-bond acceptors (Lipinski definition) is 5. The number of unbranched alkanes of at least 4 members (excludes halogenated alkanes) is 1. The van der Waals surface area contributed by atoms with Crippen molar-refractivity contribution in [2.24, 2.45) is 5.92 Å². The molecule has 222 valence electrons. The number of benzene rings is 2. The van der Waals surface area contributed by atoms with Gasteiger partial charge in [0.2, 0.25) is 0 Å². The fourth-order valence-corrected chi connectivity index (χ4v) is 5.26. The summed E-state index contributed by atoms with van der Waals surface area (Å²) in [6.45, 7) is 8.53. The molecular weight excluding hydrogens is 504 g/mol. The minimum atomic E-state index is -0.0852. The Bertz CT molecular complexity index is 1070. The van der Waals surface area contributed by atoms with Gasteiger partial charge in [-0.05, 0) is 80.5 Å². The maximum atomic E-state index is 12.9. The van der Waals surface area contributed by atoms with Gasteiger partial charge in [-0.2, -0.15) is 0 Å². The summed E-state index contributed by atoms with van der Waals surface area (Å²) in [4.78, 5) is 25.8. The van der Waals surface area contributed by atoms with Crippen molar-refractivity contribution in [1.29, 1.82) is 0 Å². The maximum Gasteiger partial charge on any atom is 0.251 e. The number of methoxy groups -OCH3 is 3. The van der Waals surface area contributed by atoms with E-state index in [9.17, 15) is 9.59 Å². The van der Waals surface area contributed by atoms with E-state index in [1.165, 1.54) is 0 Å². The van der Waals surface area contributed by atoms with E-state index < -0.39 is 0 Å². The molecule has 0 aliphatic carbocycles. The van der Waals surface area contributed by atoms with Crippen molar-refractivity contribution in [3.8, 4) is 17.2 Å². The summed E-state index contributed by atoms with van der Waals surface area (Å²) in [6.07, 6.45) is 9.11. The van der Waals surface area contributed by atoms with Gasteiger partial charge in [0.15, 0.2) is 11.5 Å². The van der Waals surface area contributed by atoms with Gasteiger partial charge in [-0.3, -0.25) is 9.59 Å². The fourth-order valence-electron chi connectivity index (χ4n) is 5.26. The first-order valence-corrected chi connectivity index (χ1v) is 14.7. The summed E-state index contributed by atoms with van der Waals surface area (Å²) in [5, 5.41) is 6.48. The minimum Gasteiger partial charge on any atom is -0.496 e. The number of carbonyl (C=O) groups excluding carboxylic acids is 2. The van der Waals surface area contributed by atoms with Crippen molar-refractivity contribution in [2.45, 2.75) is 97.6 Å². The SMILES string of the molecule is CCCC(CCCCC(C)CC(CCC)NC(=O)c1ccc(OC)c(C)c1)NC(=O)c1ccc(OC)c(OC)c1. The van der Waals surface area contributed by atoms with Crippen LogP contribution in [-0.4, -0.2) is 45.2 Å². The zero-order valence-corrected chi connectivity index (χ0v) is 25.6. The van der Waals surface area contributed by atoms with E-state index in [2.05, 4.69) is 31.4 Å². The van der Waals surface area contributed by atoms with Crippen molar-refractivity contribution in [2.75, 3.05) is 21.3 Å². The van der Waals surface area contributed by atoms with Crippen LogP contribution in [-0.2, 0) is 0 Å². The molecule has 0 spiro atoms. The Balaban J connectivity index is 1.83. The molecule has 7 heteroatoms. The highest BCUT2D eigenvalue weighted by Crippen LogP contribution is 2.28. The Morgan fingerprint density at radius 3 is 1.80 bits per heavy atom. The molecule has 0 fully saturated rings. The van der Waals surface area contributed by atoms with Crippen LogP contribution in [0, 0.1) is 12.8 Å². The highest BCUT2D eigenvalue weighted by Gasteiger charge is 2.18. The van der Waals surface area contributed by atoms with Crippen LogP contribution in [0.3, 0.4) is 0 Å². The number of hydrogen-bond donors (Lipinski definition) is 2. The Kier molecular flexibility index (Phi) is 14.4. The zero-order chi connectivity index (χ0) is 29.5. The van der Waals surface area contributed by atoms with E-state index >= 15 is 0 Å². The van der Waals surface area contributed by atoms with Crippen molar-refractivity contribution >= 4 is 11.8 Å². The fraction of sp³-hybridized carbons (Fsp3) is 0.576. The molecule has 3 unspecified atom stereocenters. The van der Waals surface area contributed by atoms with E-state index in [4.69, 9.17) is 14.2 Å². The highest BCUT2D eigenvalue weighted by molar-refractivity contribution is 5.95.